The maximum atomic E-state index is 12.4. The summed E-state index contributed by atoms with van der Waals surface area (Å²) in [5.74, 6) is -1.05. The number of nitrogens with one attached hydrogen (secondary N) is 1. The summed E-state index contributed by atoms with van der Waals surface area (Å²) in [6.45, 7) is 7.49. The van der Waals surface area contributed by atoms with Gasteiger partial charge in [0.15, 0.2) is 6.61 Å². The molecule has 0 spiro atoms. The number of hydrogen-bond donors (Lipinski definition) is 1. The molecule has 0 radical (unpaired) electrons. The van der Waals surface area contributed by atoms with E-state index >= 15 is 0 Å². The number of anilines is 1. The molecule has 29 heavy (non-hydrogen) atoms. The number of carbonyl (C=O) groups excluding carboxylic acids is 2. The topological polar surface area (TPSA) is 90.3 Å². The van der Waals surface area contributed by atoms with Gasteiger partial charge in [0.1, 0.15) is 5.69 Å². The van der Waals surface area contributed by atoms with E-state index in [9.17, 15) is 14.4 Å². The van der Waals surface area contributed by atoms with Crippen molar-refractivity contribution in [3.05, 3.63) is 69.1 Å². The minimum absolute atomic E-state index is 0.154. The van der Waals surface area contributed by atoms with Crippen molar-refractivity contribution < 1.29 is 14.3 Å². The average molecular weight is 393 g/mol. The Morgan fingerprint density at radius 1 is 1.07 bits per heavy atom. The molecule has 1 aromatic heterocycles. The number of hydrogen-bond acceptors (Lipinski definition) is 5. The van der Waals surface area contributed by atoms with E-state index in [0.717, 1.165) is 11.1 Å². The number of amides is 1. The SMILES string of the molecule is CCn1c(=O)c(C)nc2cc(C(=O)OCC(=O)Nc3cc(C)cc(C)c3)ccc21. The fourth-order valence-corrected chi connectivity index (χ4v) is 3.27. The summed E-state index contributed by atoms with van der Waals surface area (Å²) >= 11 is 0. The lowest BCUT2D eigenvalue weighted by atomic mass is 10.1. The number of carbonyl (C=O) groups is 2. The van der Waals surface area contributed by atoms with Crippen molar-refractivity contribution in [1.82, 2.24) is 9.55 Å². The lowest BCUT2D eigenvalue weighted by molar-refractivity contribution is -0.119. The summed E-state index contributed by atoms with van der Waals surface area (Å²) in [7, 11) is 0. The van der Waals surface area contributed by atoms with Gasteiger partial charge in [-0.15, -0.1) is 0 Å². The van der Waals surface area contributed by atoms with Crippen LogP contribution < -0.4 is 10.9 Å². The second-order valence-electron chi connectivity index (χ2n) is 6.95. The predicted octanol–water partition coefficient (Wildman–Crippen LogP) is 3.14. The van der Waals surface area contributed by atoms with Crippen LogP contribution in [0, 0.1) is 20.8 Å². The Bertz CT molecular complexity index is 1140. The second kappa shape index (κ2) is 8.26. The van der Waals surface area contributed by atoms with Crippen LogP contribution in [-0.4, -0.2) is 28.0 Å². The molecular weight excluding hydrogens is 370 g/mol. The Morgan fingerprint density at radius 3 is 2.41 bits per heavy atom. The quantitative estimate of drug-likeness (QED) is 0.673. The summed E-state index contributed by atoms with van der Waals surface area (Å²) in [5, 5.41) is 2.72. The highest BCUT2D eigenvalue weighted by molar-refractivity contribution is 5.97. The largest absolute Gasteiger partial charge is 0.452 e. The van der Waals surface area contributed by atoms with Crippen molar-refractivity contribution >= 4 is 28.6 Å². The molecule has 0 aliphatic heterocycles. The second-order valence-corrected chi connectivity index (χ2v) is 6.95. The van der Waals surface area contributed by atoms with E-state index in [0.29, 0.717) is 29.0 Å². The highest BCUT2D eigenvalue weighted by Crippen LogP contribution is 2.15. The number of aryl methyl sites for hydroxylation is 4. The smallest absolute Gasteiger partial charge is 0.338 e. The Labute approximate surface area is 168 Å². The average Bonchev–Trinajstić information content (AvgIpc) is 2.66. The van der Waals surface area contributed by atoms with Crippen LogP contribution in [0.25, 0.3) is 11.0 Å². The van der Waals surface area contributed by atoms with Crippen molar-refractivity contribution in [2.24, 2.45) is 0 Å². The molecule has 3 aromatic rings. The fourth-order valence-electron chi connectivity index (χ4n) is 3.27. The standard InChI is InChI=1S/C22H23N3O4/c1-5-25-19-7-6-16(11-18(19)23-15(4)21(25)27)22(28)29-12-20(26)24-17-9-13(2)8-14(3)10-17/h6-11H,5,12H2,1-4H3,(H,24,26). The van der Waals surface area contributed by atoms with Crippen molar-refractivity contribution in [3.8, 4) is 0 Å². The zero-order chi connectivity index (χ0) is 21.1. The summed E-state index contributed by atoms with van der Waals surface area (Å²) in [6, 6.07) is 10.5. The van der Waals surface area contributed by atoms with E-state index in [-0.39, 0.29) is 11.1 Å². The summed E-state index contributed by atoms with van der Waals surface area (Å²) in [5.41, 5.74) is 4.36. The summed E-state index contributed by atoms with van der Waals surface area (Å²) in [6.07, 6.45) is 0. The summed E-state index contributed by atoms with van der Waals surface area (Å²) < 4.78 is 6.74. The maximum Gasteiger partial charge on any atom is 0.338 e. The van der Waals surface area contributed by atoms with E-state index in [2.05, 4.69) is 10.3 Å². The van der Waals surface area contributed by atoms with E-state index in [1.54, 1.807) is 29.7 Å². The Hall–Kier alpha value is -3.48. The molecule has 0 aliphatic carbocycles. The zero-order valence-corrected chi connectivity index (χ0v) is 16.9. The number of ether oxygens (including phenoxy) is 1. The van der Waals surface area contributed by atoms with Crippen LogP contribution >= 0.6 is 0 Å². The van der Waals surface area contributed by atoms with E-state index in [1.165, 1.54) is 0 Å². The monoisotopic (exact) mass is 393 g/mol. The highest BCUT2D eigenvalue weighted by Gasteiger charge is 2.14. The molecule has 0 fully saturated rings. The molecule has 0 saturated heterocycles. The molecule has 7 nitrogen and oxygen atoms in total. The third-order valence-electron chi connectivity index (χ3n) is 4.50. The van der Waals surface area contributed by atoms with Gasteiger partial charge in [0.25, 0.3) is 11.5 Å². The molecule has 150 valence electrons. The van der Waals surface area contributed by atoms with Gasteiger partial charge in [-0.1, -0.05) is 6.07 Å². The molecule has 1 amide bonds. The van der Waals surface area contributed by atoms with Gasteiger partial charge in [-0.25, -0.2) is 9.78 Å². The van der Waals surface area contributed by atoms with Crippen LogP contribution in [0.5, 0.6) is 0 Å². The number of nitrogens with zero attached hydrogens (tertiary/aromatic N) is 2. The Kier molecular flexibility index (Phi) is 5.77. The highest BCUT2D eigenvalue weighted by atomic mass is 16.5. The molecule has 1 heterocycles. The van der Waals surface area contributed by atoms with Gasteiger partial charge in [0.05, 0.1) is 16.6 Å². The molecule has 0 aliphatic rings. The van der Waals surface area contributed by atoms with Crippen molar-refractivity contribution in [2.75, 3.05) is 11.9 Å². The molecule has 0 unspecified atom stereocenters. The maximum absolute atomic E-state index is 12.4. The third kappa shape index (κ3) is 4.51. The summed E-state index contributed by atoms with van der Waals surface area (Å²) in [4.78, 5) is 40.9. The van der Waals surface area contributed by atoms with Crippen LogP contribution in [0.2, 0.25) is 0 Å². The molecular formula is C22H23N3O4. The van der Waals surface area contributed by atoms with E-state index < -0.39 is 18.5 Å². The molecule has 7 heteroatoms. The van der Waals surface area contributed by atoms with Crippen LogP contribution in [-0.2, 0) is 16.1 Å². The molecule has 0 bridgehead atoms. The van der Waals surface area contributed by atoms with Gasteiger partial charge in [0.2, 0.25) is 0 Å². The first-order valence-corrected chi connectivity index (χ1v) is 9.35. The predicted molar refractivity (Wildman–Crippen MR) is 111 cm³/mol. The van der Waals surface area contributed by atoms with Crippen molar-refractivity contribution in [3.63, 3.8) is 0 Å². The number of benzene rings is 2. The minimum atomic E-state index is -0.629. The molecule has 0 saturated carbocycles. The van der Waals surface area contributed by atoms with Crippen LogP contribution in [0.15, 0.2) is 41.2 Å². The lowest BCUT2D eigenvalue weighted by Crippen LogP contribution is -2.23. The van der Waals surface area contributed by atoms with Crippen LogP contribution in [0.1, 0.15) is 34.1 Å². The van der Waals surface area contributed by atoms with Gasteiger partial charge < -0.3 is 14.6 Å². The van der Waals surface area contributed by atoms with Gasteiger partial charge >= 0.3 is 5.97 Å². The lowest BCUT2D eigenvalue weighted by Gasteiger charge is -2.10. The molecule has 3 rings (SSSR count). The normalized spacial score (nSPS) is 10.8. The first-order chi connectivity index (χ1) is 13.8. The van der Waals surface area contributed by atoms with Crippen LogP contribution in [0.4, 0.5) is 5.69 Å². The first-order valence-electron chi connectivity index (χ1n) is 9.35. The van der Waals surface area contributed by atoms with Crippen molar-refractivity contribution in [2.45, 2.75) is 34.2 Å². The minimum Gasteiger partial charge on any atom is -0.452 e. The Balaban J connectivity index is 1.72. The van der Waals surface area contributed by atoms with E-state index in [1.807, 2.05) is 39.0 Å². The Morgan fingerprint density at radius 2 is 1.76 bits per heavy atom. The number of fused-ring (bicyclic) bond motifs is 1. The van der Waals surface area contributed by atoms with Gasteiger partial charge in [-0.05, 0) is 69.2 Å². The van der Waals surface area contributed by atoms with Gasteiger partial charge in [-0.2, -0.15) is 0 Å². The third-order valence-corrected chi connectivity index (χ3v) is 4.50. The molecule has 2 aromatic carbocycles. The van der Waals surface area contributed by atoms with Gasteiger partial charge in [0, 0.05) is 12.2 Å². The number of rotatable bonds is 5. The van der Waals surface area contributed by atoms with Crippen LogP contribution in [0.3, 0.4) is 0 Å². The molecule has 1 N–H and O–H groups in total. The van der Waals surface area contributed by atoms with Crippen molar-refractivity contribution in [1.29, 1.82) is 0 Å². The fraction of sp³-hybridized carbons (Fsp3) is 0.273. The number of aromatic nitrogens is 2. The van der Waals surface area contributed by atoms with Gasteiger partial charge in [-0.3, -0.25) is 9.59 Å². The first kappa shape index (κ1) is 20.3. The number of esters is 1. The molecule has 0 atom stereocenters. The zero-order valence-electron chi connectivity index (χ0n) is 16.9. The van der Waals surface area contributed by atoms with E-state index in [4.69, 9.17) is 4.74 Å².